The monoisotopic (exact) mass is 550 g/mol. The Morgan fingerprint density at radius 3 is 1.69 bits per heavy atom. The molecule has 208 valence electrons. The van der Waals surface area contributed by atoms with Crippen molar-refractivity contribution in [1.29, 1.82) is 0 Å². The predicted molar refractivity (Wildman–Crippen MR) is 172 cm³/mol. The predicted octanol–water partition coefficient (Wildman–Crippen LogP) is 9.45. The zero-order valence-corrected chi connectivity index (χ0v) is 24.2. The number of allylic oxidation sites excluding steroid dienone is 4. The first-order valence-corrected chi connectivity index (χ1v) is 14.2. The van der Waals surface area contributed by atoms with Crippen LogP contribution in [0.25, 0.3) is 27.8 Å². The second-order valence-corrected chi connectivity index (χ2v) is 10.4. The van der Waals surface area contributed by atoms with Gasteiger partial charge in [-0.05, 0) is 75.4 Å². The van der Waals surface area contributed by atoms with E-state index >= 15 is 0 Å². The average Bonchev–Trinajstić information content (AvgIpc) is 3.55. The van der Waals surface area contributed by atoms with E-state index in [-0.39, 0.29) is 11.8 Å². The topological polar surface area (TPSA) is 27.7 Å². The number of rotatable bonds is 9. The molecule has 3 nitrogen and oxygen atoms in total. The van der Waals surface area contributed by atoms with Gasteiger partial charge in [-0.25, -0.2) is 0 Å². The van der Waals surface area contributed by atoms with Crippen LogP contribution in [0.15, 0.2) is 140 Å². The van der Waals surface area contributed by atoms with E-state index < -0.39 is 0 Å². The average molecular weight is 551 g/mol. The van der Waals surface area contributed by atoms with E-state index in [2.05, 4.69) is 115 Å². The van der Waals surface area contributed by atoms with Crippen LogP contribution in [0.4, 0.5) is 0 Å². The smallest absolute Gasteiger partial charge is 0.122 e. The van der Waals surface area contributed by atoms with Crippen LogP contribution in [-0.4, -0.2) is 21.3 Å². The Kier molecular flexibility index (Phi) is 7.91. The normalized spacial score (nSPS) is 14.7. The van der Waals surface area contributed by atoms with Crippen molar-refractivity contribution in [1.82, 2.24) is 0 Å². The first kappa shape index (κ1) is 27.2. The Morgan fingerprint density at radius 2 is 1.07 bits per heavy atom. The highest BCUT2D eigenvalue weighted by molar-refractivity contribution is 5.78. The van der Waals surface area contributed by atoms with E-state index in [4.69, 9.17) is 14.2 Å². The lowest BCUT2D eigenvalue weighted by Crippen LogP contribution is -2.11. The minimum Gasteiger partial charge on any atom is -0.497 e. The van der Waals surface area contributed by atoms with Gasteiger partial charge in [0.25, 0.3) is 0 Å². The zero-order chi connectivity index (χ0) is 28.9. The third-order valence-electron chi connectivity index (χ3n) is 8.04. The van der Waals surface area contributed by atoms with Gasteiger partial charge in [-0.2, -0.15) is 0 Å². The first-order valence-electron chi connectivity index (χ1n) is 14.2. The lowest BCUT2D eigenvalue weighted by Gasteiger charge is -2.25. The molecule has 0 saturated heterocycles. The molecule has 3 heteroatoms. The standard InChI is InChI=1S/C39H34O3/c1-40-35-20-15-29(16-21-35)32-13-14-34(25-32)39(31-11-9-28(10-12-31)27-7-5-4-6-8-27)37-26-33(19-24-38(37)42-3)30-17-22-36(41-2)23-18-30/h4-26,34,39H,1-3H3. The molecule has 1 aliphatic carbocycles. The molecule has 0 radical (unpaired) electrons. The second kappa shape index (κ2) is 12.2. The van der Waals surface area contributed by atoms with Gasteiger partial charge >= 0.3 is 0 Å². The molecular formula is C39H34O3. The van der Waals surface area contributed by atoms with Gasteiger partial charge in [-0.3, -0.25) is 0 Å². The fraction of sp³-hybridized carbons (Fsp3) is 0.128. The van der Waals surface area contributed by atoms with E-state index in [1.807, 2.05) is 24.3 Å². The van der Waals surface area contributed by atoms with Crippen LogP contribution < -0.4 is 14.2 Å². The van der Waals surface area contributed by atoms with Crippen molar-refractivity contribution < 1.29 is 14.2 Å². The summed E-state index contributed by atoms with van der Waals surface area (Å²) in [5, 5.41) is 0. The molecule has 0 spiro atoms. The van der Waals surface area contributed by atoms with Crippen molar-refractivity contribution in [2.24, 2.45) is 5.92 Å². The maximum absolute atomic E-state index is 5.99. The summed E-state index contributed by atoms with van der Waals surface area (Å²) in [5.74, 6) is 2.77. The highest BCUT2D eigenvalue weighted by atomic mass is 16.5. The summed E-state index contributed by atoms with van der Waals surface area (Å²) in [6, 6.07) is 42.5. The molecule has 0 saturated carbocycles. The molecule has 5 aromatic carbocycles. The molecule has 0 bridgehead atoms. The van der Waals surface area contributed by atoms with Crippen LogP contribution in [0.1, 0.15) is 22.6 Å². The van der Waals surface area contributed by atoms with E-state index in [1.54, 1.807) is 21.3 Å². The Balaban J connectivity index is 1.44. The number of hydrogen-bond acceptors (Lipinski definition) is 3. The van der Waals surface area contributed by atoms with E-state index in [0.29, 0.717) is 0 Å². The lowest BCUT2D eigenvalue weighted by atomic mass is 9.79. The number of ether oxygens (including phenoxy) is 3. The van der Waals surface area contributed by atoms with Crippen LogP contribution in [0, 0.1) is 5.92 Å². The SMILES string of the molecule is COc1ccc(C2=CC(C(c3ccc(-c4ccccc4)cc3)c3cc(-c4ccc(OC)cc4)ccc3OC)C=C2)cc1. The zero-order valence-electron chi connectivity index (χ0n) is 24.2. The van der Waals surface area contributed by atoms with Gasteiger partial charge in [0.1, 0.15) is 17.2 Å². The highest BCUT2D eigenvalue weighted by Gasteiger charge is 2.28. The highest BCUT2D eigenvalue weighted by Crippen LogP contribution is 2.44. The third-order valence-corrected chi connectivity index (χ3v) is 8.04. The van der Waals surface area contributed by atoms with Crippen molar-refractivity contribution in [2.75, 3.05) is 21.3 Å². The molecule has 2 unspecified atom stereocenters. The van der Waals surface area contributed by atoms with Crippen LogP contribution in [0.5, 0.6) is 17.2 Å². The van der Waals surface area contributed by atoms with Crippen molar-refractivity contribution >= 4 is 5.57 Å². The molecule has 5 aromatic rings. The molecule has 0 aromatic heterocycles. The van der Waals surface area contributed by atoms with Crippen LogP contribution in [-0.2, 0) is 0 Å². The van der Waals surface area contributed by atoms with Crippen molar-refractivity contribution in [2.45, 2.75) is 5.92 Å². The number of hydrogen-bond donors (Lipinski definition) is 0. The fourth-order valence-corrected chi connectivity index (χ4v) is 5.78. The second-order valence-electron chi connectivity index (χ2n) is 10.4. The number of methoxy groups -OCH3 is 3. The Bertz CT molecular complexity index is 1700. The van der Waals surface area contributed by atoms with E-state index in [9.17, 15) is 0 Å². The lowest BCUT2D eigenvalue weighted by molar-refractivity contribution is 0.405. The molecule has 0 fully saturated rings. The fourth-order valence-electron chi connectivity index (χ4n) is 5.78. The third kappa shape index (κ3) is 5.59. The molecule has 42 heavy (non-hydrogen) atoms. The molecule has 0 aliphatic heterocycles. The summed E-state index contributed by atoms with van der Waals surface area (Å²) in [6.45, 7) is 0. The summed E-state index contributed by atoms with van der Waals surface area (Å²) in [5.41, 5.74) is 9.46. The largest absolute Gasteiger partial charge is 0.497 e. The quantitative estimate of drug-likeness (QED) is 0.183. The van der Waals surface area contributed by atoms with Crippen LogP contribution >= 0.6 is 0 Å². The summed E-state index contributed by atoms with van der Waals surface area (Å²) >= 11 is 0. The minimum absolute atomic E-state index is 0.0509. The maximum atomic E-state index is 5.99. The van der Waals surface area contributed by atoms with E-state index in [1.165, 1.54) is 27.8 Å². The molecule has 0 heterocycles. The van der Waals surface area contributed by atoms with Gasteiger partial charge in [0.2, 0.25) is 0 Å². The minimum atomic E-state index is 0.0509. The van der Waals surface area contributed by atoms with Gasteiger partial charge in [0.15, 0.2) is 0 Å². The molecular weight excluding hydrogens is 516 g/mol. The summed E-state index contributed by atoms with van der Waals surface area (Å²) in [4.78, 5) is 0. The Morgan fingerprint density at radius 1 is 0.524 bits per heavy atom. The Labute approximate surface area is 248 Å². The van der Waals surface area contributed by atoms with E-state index in [0.717, 1.165) is 33.9 Å². The van der Waals surface area contributed by atoms with Gasteiger partial charge in [-0.1, -0.05) is 103 Å². The Hall–Kier alpha value is -5.02. The molecule has 1 aliphatic rings. The van der Waals surface area contributed by atoms with Crippen LogP contribution in [0.3, 0.4) is 0 Å². The van der Waals surface area contributed by atoms with Crippen molar-refractivity contribution in [3.05, 3.63) is 156 Å². The maximum Gasteiger partial charge on any atom is 0.122 e. The first-order chi connectivity index (χ1) is 20.7. The van der Waals surface area contributed by atoms with Crippen molar-refractivity contribution in [3.8, 4) is 39.5 Å². The van der Waals surface area contributed by atoms with Crippen LogP contribution in [0.2, 0.25) is 0 Å². The molecule has 6 rings (SSSR count). The molecule has 0 N–H and O–H groups in total. The number of benzene rings is 5. The van der Waals surface area contributed by atoms with Gasteiger partial charge in [0, 0.05) is 17.4 Å². The molecule has 2 atom stereocenters. The van der Waals surface area contributed by atoms with Crippen molar-refractivity contribution in [3.63, 3.8) is 0 Å². The summed E-state index contributed by atoms with van der Waals surface area (Å²) < 4.78 is 16.8. The summed E-state index contributed by atoms with van der Waals surface area (Å²) in [7, 11) is 5.14. The van der Waals surface area contributed by atoms with Gasteiger partial charge in [-0.15, -0.1) is 0 Å². The molecule has 0 amide bonds. The summed E-state index contributed by atoms with van der Waals surface area (Å²) in [6.07, 6.45) is 6.92. The van der Waals surface area contributed by atoms with Gasteiger partial charge in [0.05, 0.1) is 21.3 Å². The van der Waals surface area contributed by atoms with Gasteiger partial charge < -0.3 is 14.2 Å².